The second-order valence-corrected chi connectivity index (χ2v) is 4.49. The lowest BCUT2D eigenvalue weighted by molar-refractivity contribution is -0.137. The van der Waals surface area contributed by atoms with Crippen molar-refractivity contribution < 1.29 is 9.53 Å². The molecule has 1 rings (SSSR count). The summed E-state index contributed by atoms with van der Waals surface area (Å²) in [6.45, 7) is 2.18. The van der Waals surface area contributed by atoms with Crippen LogP contribution in [-0.4, -0.2) is 12.6 Å². The lowest BCUT2D eigenvalue weighted by Gasteiger charge is -2.01. The van der Waals surface area contributed by atoms with E-state index in [1.54, 1.807) is 13.0 Å². The first-order valence-corrected chi connectivity index (χ1v) is 6.78. The lowest BCUT2D eigenvalue weighted by Crippen LogP contribution is -1.98. The minimum Gasteiger partial charge on any atom is -0.463 e. The first-order chi connectivity index (χ1) is 7.67. The van der Waals surface area contributed by atoms with Crippen LogP contribution in [0, 0.1) is 0 Å². The van der Waals surface area contributed by atoms with Crippen molar-refractivity contribution in [2.45, 2.75) is 12.3 Å². The van der Waals surface area contributed by atoms with Gasteiger partial charge in [0.25, 0.3) is 0 Å². The van der Waals surface area contributed by atoms with Gasteiger partial charge < -0.3 is 4.74 Å². The monoisotopic (exact) mass is 346 g/mol. The molecular weight excluding hydrogens is 336 g/mol. The van der Waals surface area contributed by atoms with Gasteiger partial charge in [0.2, 0.25) is 0 Å². The van der Waals surface area contributed by atoms with E-state index in [1.165, 1.54) is 11.6 Å². The van der Waals surface area contributed by atoms with Gasteiger partial charge in [0, 0.05) is 15.9 Å². The van der Waals surface area contributed by atoms with Gasteiger partial charge in [0.15, 0.2) is 0 Å². The van der Waals surface area contributed by atoms with E-state index in [-0.39, 0.29) is 5.97 Å². The van der Waals surface area contributed by atoms with Crippen LogP contribution in [-0.2, 0) is 14.9 Å². The molecule has 0 unspecified atom stereocenters. The van der Waals surface area contributed by atoms with Crippen molar-refractivity contribution in [3.8, 4) is 0 Å². The molecule has 0 aliphatic carbocycles. The van der Waals surface area contributed by atoms with Crippen molar-refractivity contribution in [1.82, 2.24) is 0 Å². The van der Waals surface area contributed by atoms with Crippen LogP contribution in [0.2, 0.25) is 0 Å². The Balaban J connectivity index is 2.78. The number of rotatable bonds is 4. The molecule has 0 aliphatic heterocycles. The summed E-state index contributed by atoms with van der Waals surface area (Å²) < 4.78 is 5.76. The van der Waals surface area contributed by atoms with Crippen molar-refractivity contribution in [2.75, 3.05) is 6.61 Å². The number of esters is 1. The fourth-order valence-corrected chi connectivity index (χ4v) is 2.04. The standard InChI is InChI=1S/C12H12Br2O2/c1-2-16-12(15)6-5-10-4-3-9(8-13)7-11(10)14/h3-7H,2,8H2,1H3/b6-5-. The van der Waals surface area contributed by atoms with Crippen LogP contribution in [0.25, 0.3) is 6.08 Å². The zero-order valence-corrected chi connectivity index (χ0v) is 12.0. The molecule has 0 radical (unpaired) electrons. The summed E-state index contributed by atoms with van der Waals surface area (Å²) in [4.78, 5) is 11.1. The third kappa shape index (κ3) is 4.10. The summed E-state index contributed by atoms with van der Waals surface area (Å²) in [5.74, 6) is -0.320. The molecule has 4 heteroatoms. The SMILES string of the molecule is CCOC(=O)/C=C\c1ccc(CBr)cc1Br. The quantitative estimate of drug-likeness (QED) is 0.468. The van der Waals surface area contributed by atoms with Crippen LogP contribution in [0.15, 0.2) is 28.7 Å². The fraction of sp³-hybridized carbons (Fsp3) is 0.250. The maximum Gasteiger partial charge on any atom is 0.330 e. The van der Waals surface area contributed by atoms with Crippen LogP contribution in [0.1, 0.15) is 18.1 Å². The van der Waals surface area contributed by atoms with Crippen molar-refractivity contribution in [3.05, 3.63) is 39.9 Å². The second kappa shape index (κ2) is 6.86. The Bertz CT molecular complexity index is 400. The predicted octanol–water partition coefficient (Wildman–Crippen LogP) is 3.92. The van der Waals surface area contributed by atoms with E-state index in [1.807, 2.05) is 18.2 Å². The molecule has 86 valence electrons. The molecule has 0 saturated carbocycles. The highest BCUT2D eigenvalue weighted by molar-refractivity contribution is 9.10. The zero-order valence-electron chi connectivity index (χ0n) is 8.87. The van der Waals surface area contributed by atoms with E-state index in [0.29, 0.717) is 6.61 Å². The van der Waals surface area contributed by atoms with E-state index in [0.717, 1.165) is 15.4 Å². The van der Waals surface area contributed by atoms with E-state index in [2.05, 4.69) is 31.9 Å². The van der Waals surface area contributed by atoms with E-state index < -0.39 is 0 Å². The zero-order chi connectivity index (χ0) is 12.0. The topological polar surface area (TPSA) is 26.3 Å². The summed E-state index contributed by atoms with van der Waals surface area (Å²) in [6, 6.07) is 5.97. The van der Waals surface area contributed by atoms with Crippen molar-refractivity contribution in [1.29, 1.82) is 0 Å². The summed E-state index contributed by atoms with van der Waals surface area (Å²) in [7, 11) is 0. The molecule has 0 heterocycles. The number of carbonyl (C=O) groups is 1. The Morgan fingerprint density at radius 2 is 2.25 bits per heavy atom. The smallest absolute Gasteiger partial charge is 0.330 e. The molecular formula is C12H12Br2O2. The highest BCUT2D eigenvalue weighted by atomic mass is 79.9. The number of alkyl halides is 1. The van der Waals surface area contributed by atoms with E-state index >= 15 is 0 Å². The minimum absolute atomic E-state index is 0.320. The Morgan fingerprint density at radius 1 is 1.50 bits per heavy atom. The summed E-state index contributed by atoms with van der Waals surface area (Å²) >= 11 is 6.84. The lowest BCUT2D eigenvalue weighted by atomic mass is 10.1. The molecule has 1 aromatic carbocycles. The minimum atomic E-state index is -0.320. The first-order valence-electron chi connectivity index (χ1n) is 4.86. The van der Waals surface area contributed by atoms with E-state index in [4.69, 9.17) is 4.74 Å². The second-order valence-electron chi connectivity index (χ2n) is 3.07. The molecule has 0 bridgehead atoms. The molecule has 0 spiro atoms. The number of hydrogen-bond acceptors (Lipinski definition) is 2. The Hall–Kier alpha value is -0.610. The third-order valence-electron chi connectivity index (χ3n) is 1.90. The molecule has 0 aliphatic rings. The van der Waals surface area contributed by atoms with Crippen LogP contribution < -0.4 is 0 Å². The molecule has 0 aromatic heterocycles. The molecule has 16 heavy (non-hydrogen) atoms. The maximum atomic E-state index is 11.1. The third-order valence-corrected chi connectivity index (χ3v) is 3.24. The number of carbonyl (C=O) groups excluding carboxylic acids is 1. The van der Waals surface area contributed by atoms with Crippen molar-refractivity contribution >= 4 is 43.9 Å². The molecule has 0 fully saturated rings. The summed E-state index contributed by atoms with van der Waals surface area (Å²) in [5.41, 5.74) is 2.14. The van der Waals surface area contributed by atoms with Crippen LogP contribution in [0.3, 0.4) is 0 Å². The number of hydrogen-bond donors (Lipinski definition) is 0. The van der Waals surface area contributed by atoms with Gasteiger partial charge in [-0.1, -0.05) is 44.0 Å². The van der Waals surface area contributed by atoms with Gasteiger partial charge in [-0.2, -0.15) is 0 Å². The molecule has 2 nitrogen and oxygen atoms in total. The van der Waals surface area contributed by atoms with Gasteiger partial charge in [-0.15, -0.1) is 0 Å². The first kappa shape index (κ1) is 13.5. The molecule has 0 saturated heterocycles. The van der Waals surface area contributed by atoms with Crippen LogP contribution in [0.4, 0.5) is 0 Å². The highest BCUT2D eigenvalue weighted by Gasteiger charge is 1.99. The average Bonchev–Trinajstić information content (AvgIpc) is 2.27. The highest BCUT2D eigenvalue weighted by Crippen LogP contribution is 2.21. The predicted molar refractivity (Wildman–Crippen MR) is 72.4 cm³/mol. The molecule has 0 atom stereocenters. The van der Waals surface area contributed by atoms with Crippen molar-refractivity contribution in [3.63, 3.8) is 0 Å². The van der Waals surface area contributed by atoms with Crippen molar-refractivity contribution in [2.24, 2.45) is 0 Å². The molecule has 0 N–H and O–H groups in total. The van der Waals surface area contributed by atoms with Gasteiger partial charge in [-0.05, 0) is 30.2 Å². The Morgan fingerprint density at radius 3 is 2.81 bits per heavy atom. The summed E-state index contributed by atoms with van der Waals surface area (Å²) in [5, 5.41) is 0.813. The molecule has 0 amide bonds. The van der Waals surface area contributed by atoms with Gasteiger partial charge in [0.05, 0.1) is 6.61 Å². The normalized spacial score (nSPS) is 10.7. The average molecular weight is 348 g/mol. The Kier molecular flexibility index (Phi) is 5.77. The number of ether oxygens (including phenoxy) is 1. The van der Waals surface area contributed by atoms with Gasteiger partial charge in [-0.25, -0.2) is 4.79 Å². The molecule has 1 aromatic rings. The number of halogens is 2. The number of benzene rings is 1. The fourth-order valence-electron chi connectivity index (χ4n) is 1.14. The largest absolute Gasteiger partial charge is 0.463 e. The van der Waals surface area contributed by atoms with Gasteiger partial charge in [0.1, 0.15) is 0 Å². The van der Waals surface area contributed by atoms with Gasteiger partial charge in [-0.3, -0.25) is 0 Å². The van der Waals surface area contributed by atoms with Gasteiger partial charge >= 0.3 is 5.97 Å². The van der Waals surface area contributed by atoms with Crippen LogP contribution in [0.5, 0.6) is 0 Å². The van der Waals surface area contributed by atoms with E-state index in [9.17, 15) is 4.79 Å². The summed E-state index contributed by atoms with van der Waals surface area (Å²) in [6.07, 6.45) is 3.16. The Labute approximate surface area is 112 Å². The maximum absolute atomic E-state index is 11.1. The van der Waals surface area contributed by atoms with Crippen LogP contribution >= 0.6 is 31.9 Å².